The van der Waals surface area contributed by atoms with E-state index in [9.17, 15) is 0 Å². The normalized spacial score (nSPS) is 21.8. The zero-order chi connectivity index (χ0) is 13.8. The lowest BCUT2D eigenvalue weighted by molar-refractivity contribution is -0.0516. The van der Waals surface area contributed by atoms with E-state index in [1.165, 1.54) is 10.0 Å². The van der Waals surface area contributed by atoms with Gasteiger partial charge < -0.3 is 14.4 Å². The van der Waals surface area contributed by atoms with E-state index in [0.29, 0.717) is 0 Å². The fourth-order valence-corrected chi connectivity index (χ4v) is 3.53. The summed E-state index contributed by atoms with van der Waals surface area (Å²) < 4.78 is 11.0. The third kappa shape index (κ3) is 3.49. The number of hydrogen-bond donors (Lipinski definition) is 0. The first-order valence-corrected chi connectivity index (χ1v) is 8.32. The molecule has 112 valence electrons. The van der Waals surface area contributed by atoms with E-state index in [2.05, 4.69) is 21.7 Å². The van der Waals surface area contributed by atoms with Crippen molar-refractivity contribution in [2.24, 2.45) is 0 Å². The van der Waals surface area contributed by atoms with Crippen LogP contribution < -0.4 is 4.90 Å². The number of thiazole rings is 1. The highest BCUT2D eigenvalue weighted by Crippen LogP contribution is 2.24. The molecule has 0 aromatic carbocycles. The molecule has 1 aromatic rings. The Morgan fingerprint density at radius 3 is 2.65 bits per heavy atom. The predicted octanol–water partition coefficient (Wildman–Crippen LogP) is 1.59. The lowest BCUT2D eigenvalue weighted by Crippen LogP contribution is -2.47. The molecule has 3 rings (SSSR count). The molecule has 0 bridgehead atoms. The summed E-state index contributed by atoms with van der Waals surface area (Å²) in [6, 6.07) is 0. The van der Waals surface area contributed by atoms with Crippen molar-refractivity contribution in [2.75, 3.05) is 50.8 Å². The van der Waals surface area contributed by atoms with Gasteiger partial charge in [0.05, 0.1) is 13.2 Å². The number of rotatable bonds is 5. The van der Waals surface area contributed by atoms with Gasteiger partial charge in [-0.1, -0.05) is 6.92 Å². The van der Waals surface area contributed by atoms with Crippen molar-refractivity contribution < 1.29 is 9.47 Å². The van der Waals surface area contributed by atoms with E-state index in [4.69, 9.17) is 9.47 Å². The van der Waals surface area contributed by atoms with Gasteiger partial charge in [0.1, 0.15) is 0 Å². The Morgan fingerprint density at radius 2 is 2.00 bits per heavy atom. The monoisotopic (exact) mass is 297 g/mol. The van der Waals surface area contributed by atoms with Crippen molar-refractivity contribution in [1.29, 1.82) is 0 Å². The fraction of sp³-hybridized carbons (Fsp3) is 0.786. The summed E-state index contributed by atoms with van der Waals surface area (Å²) in [5, 5.41) is 1.18. The lowest BCUT2D eigenvalue weighted by atomic mass is 10.3. The highest BCUT2D eigenvalue weighted by atomic mass is 32.1. The zero-order valence-corrected chi connectivity index (χ0v) is 12.9. The predicted molar refractivity (Wildman–Crippen MR) is 80.5 cm³/mol. The van der Waals surface area contributed by atoms with Crippen molar-refractivity contribution in [3.05, 3.63) is 11.1 Å². The Kier molecular flexibility index (Phi) is 4.88. The molecular weight excluding hydrogens is 274 g/mol. The Morgan fingerprint density at radius 1 is 1.25 bits per heavy atom. The quantitative estimate of drug-likeness (QED) is 0.825. The average molecular weight is 297 g/mol. The highest BCUT2D eigenvalue weighted by Gasteiger charge is 2.21. The Bertz CT molecular complexity index is 412. The molecule has 5 nitrogen and oxygen atoms in total. The summed E-state index contributed by atoms with van der Waals surface area (Å²) >= 11 is 1.83. The minimum atomic E-state index is 0.0269. The molecular formula is C14H23N3O2S. The molecule has 0 atom stereocenters. The molecule has 0 amide bonds. The summed E-state index contributed by atoms with van der Waals surface area (Å²) in [6.45, 7) is 9.11. The second kappa shape index (κ2) is 6.85. The molecule has 1 aromatic heterocycles. The molecule has 0 saturated carbocycles. The smallest absolute Gasteiger partial charge is 0.185 e. The summed E-state index contributed by atoms with van der Waals surface area (Å²) in [4.78, 5) is 10.8. The van der Waals surface area contributed by atoms with Crippen LogP contribution >= 0.6 is 11.3 Å². The first-order chi connectivity index (χ1) is 9.85. The SMILES string of the molecule is CCc1cnc(N2CCN(CCC3OCCO3)CC2)s1. The van der Waals surface area contributed by atoms with E-state index in [-0.39, 0.29) is 6.29 Å². The second-order valence-electron chi connectivity index (χ2n) is 5.25. The molecule has 0 aliphatic carbocycles. The maximum absolute atomic E-state index is 5.48. The van der Waals surface area contributed by atoms with Crippen LogP contribution in [0.3, 0.4) is 0 Å². The highest BCUT2D eigenvalue weighted by molar-refractivity contribution is 7.15. The molecule has 0 spiro atoms. The molecule has 3 heterocycles. The van der Waals surface area contributed by atoms with Crippen molar-refractivity contribution >= 4 is 16.5 Å². The van der Waals surface area contributed by atoms with Gasteiger partial charge in [0.15, 0.2) is 11.4 Å². The largest absolute Gasteiger partial charge is 0.350 e. The molecule has 2 aliphatic rings. The van der Waals surface area contributed by atoms with Gasteiger partial charge in [0, 0.05) is 50.2 Å². The lowest BCUT2D eigenvalue weighted by Gasteiger charge is -2.34. The molecule has 6 heteroatoms. The second-order valence-corrected chi connectivity index (χ2v) is 6.34. The average Bonchev–Trinajstić information content (AvgIpc) is 3.17. The van der Waals surface area contributed by atoms with Crippen LogP contribution in [0, 0.1) is 0 Å². The number of anilines is 1. The van der Waals surface area contributed by atoms with Gasteiger partial charge in [-0.3, -0.25) is 4.90 Å². The fourth-order valence-electron chi connectivity index (χ4n) is 2.63. The number of piperazine rings is 1. The van der Waals surface area contributed by atoms with E-state index in [0.717, 1.165) is 58.8 Å². The maximum atomic E-state index is 5.48. The standard InChI is InChI=1S/C14H23N3O2S/c1-2-12-11-15-14(20-12)17-7-5-16(6-8-17)4-3-13-18-9-10-19-13/h11,13H,2-10H2,1H3. The first-order valence-electron chi connectivity index (χ1n) is 7.50. The van der Waals surface area contributed by atoms with Crippen molar-refractivity contribution in [2.45, 2.75) is 26.1 Å². The molecule has 2 aliphatic heterocycles. The number of hydrogen-bond acceptors (Lipinski definition) is 6. The van der Waals surface area contributed by atoms with Crippen LogP contribution in [0.2, 0.25) is 0 Å². The van der Waals surface area contributed by atoms with Crippen LogP contribution in [0.4, 0.5) is 5.13 Å². The van der Waals surface area contributed by atoms with Gasteiger partial charge in [0.25, 0.3) is 0 Å². The molecule has 20 heavy (non-hydrogen) atoms. The van der Waals surface area contributed by atoms with E-state index < -0.39 is 0 Å². The van der Waals surface area contributed by atoms with Gasteiger partial charge in [0.2, 0.25) is 0 Å². The Labute approximate surface area is 124 Å². The first kappa shape index (κ1) is 14.3. The summed E-state index contributed by atoms with van der Waals surface area (Å²) in [5.41, 5.74) is 0. The van der Waals surface area contributed by atoms with Gasteiger partial charge in [-0.2, -0.15) is 0 Å². The zero-order valence-electron chi connectivity index (χ0n) is 12.1. The van der Waals surface area contributed by atoms with Crippen LogP contribution in [-0.2, 0) is 15.9 Å². The number of aromatic nitrogens is 1. The van der Waals surface area contributed by atoms with Crippen molar-refractivity contribution in [1.82, 2.24) is 9.88 Å². The van der Waals surface area contributed by atoms with Gasteiger partial charge in [-0.15, -0.1) is 11.3 Å². The molecule has 0 unspecified atom stereocenters. The minimum Gasteiger partial charge on any atom is -0.350 e. The van der Waals surface area contributed by atoms with Crippen LogP contribution in [0.5, 0.6) is 0 Å². The van der Waals surface area contributed by atoms with E-state index in [1.54, 1.807) is 0 Å². The van der Waals surface area contributed by atoms with Crippen LogP contribution in [0.1, 0.15) is 18.2 Å². The molecule has 0 N–H and O–H groups in total. The Hall–Kier alpha value is -0.690. The van der Waals surface area contributed by atoms with Crippen molar-refractivity contribution in [3.8, 4) is 0 Å². The summed E-state index contributed by atoms with van der Waals surface area (Å²) in [5.74, 6) is 0. The Balaban J connectivity index is 1.42. The molecule has 0 radical (unpaired) electrons. The number of nitrogens with zero attached hydrogens (tertiary/aromatic N) is 3. The van der Waals surface area contributed by atoms with E-state index >= 15 is 0 Å². The number of aryl methyl sites for hydroxylation is 1. The van der Waals surface area contributed by atoms with E-state index in [1.807, 2.05) is 17.5 Å². The topological polar surface area (TPSA) is 37.8 Å². The number of ether oxygens (including phenoxy) is 2. The third-order valence-electron chi connectivity index (χ3n) is 3.90. The van der Waals surface area contributed by atoms with Crippen molar-refractivity contribution in [3.63, 3.8) is 0 Å². The van der Waals surface area contributed by atoms with Gasteiger partial charge in [-0.25, -0.2) is 4.98 Å². The minimum absolute atomic E-state index is 0.0269. The van der Waals surface area contributed by atoms with Gasteiger partial charge >= 0.3 is 0 Å². The van der Waals surface area contributed by atoms with Gasteiger partial charge in [-0.05, 0) is 6.42 Å². The third-order valence-corrected chi connectivity index (χ3v) is 5.11. The summed E-state index contributed by atoms with van der Waals surface area (Å²) in [6.07, 6.45) is 4.11. The molecule has 2 saturated heterocycles. The van der Waals surface area contributed by atoms with Crippen LogP contribution in [0.15, 0.2) is 6.20 Å². The molecule has 2 fully saturated rings. The summed E-state index contributed by atoms with van der Waals surface area (Å²) in [7, 11) is 0. The van der Waals surface area contributed by atoms with Crippen LogP contribution in [0.25, 0.3) is 0 Å². The maximum Gasteiger partial charge on any atom is 0.185 e. The van der Waals surface area contributed by atoms with Crippen LogP contribution in [-0.4, -0.2) is 62.1 Å².